The molecule has 28 heavy (non-hydrogen) atoms. The van der Waals surface area contributed by atoms with E-state index in [1.54, 1.807) is 4.90 Å². The highest BCUT2D eigenvalue weighted by molar-refractivity contribution is 9.11. The van der Waals surface area contributed by atoms with E-state index < -0.39 is 0 Å². The fraction of sp³-hybridized carbons (Fsp3) is 0.409. The maximum absolute atomic E-state index is 11.8. The summed E-state index contributed by atoms with van der Waals surface area (Å²) in [6.07, 6.45) is 7.02. The molecule has 2 aliphatic rings. The molecule has 2 aromatic carbocycles. The summed E-state index contributed by atoms with van der Waals surface area (Å²) in [7, 11) is 1.42. The van der Waals surface area contributed by atoms with Gasteiger partial charge in [-0.1, -0.05) is 24.3 Å². The summed E-state index contributed by atoms with van der Waals surface area (Å²) in [5.41, 5.74) is 2.11. The molecule has 4 nitrogen and oxygen atoms in total. The van der Waals surface area contributed by atoms with Gasteiger partial charge in [-0.05, 0) is 94.7 Å². The zero-order chi connectivity index (χ0) is 19.9. The monoisotopic (exact) mass is 508 g/mol. The number of rotatable bonds is 4. The van der Waals surface area contributed by atoms with Crippen LogP contribution < -0.4 is 10.2 Å². The SMILES string of the molecule is Brc1ccccc1NC1CCC1.COC(=O)N(c1ccccc1Br)C1CCC1. The van der Waals surface area contributed by atoms with E-state index in [0.717, 1.165) is 27.5 Å². The molecule has 2 aliphatic carbocycles. The lowest BCUT2D eigenvalue weighted by Crippen LogP contribution is -2.44. The van der Waals surface area contributed by atoms with Crippen LogP contribution in [0.5, 0.6) is 0 Å². The molecule has 0 atom stereocenters. The van der Waals surface area contributed by atoms with Crippen LogP contribution >= 0.6 is 31.9 Å². The molecule has 0 radical (unpaired) electrons. The number of anilines is 2. The minimum Gasteiger partial charge on any atom is -0.452 e. The predicted molar refractivity (Wildman–Crippen MR) is 122 cm³/mol. The molecule has 0 aromatic heterocycles. The molecule has 0 saturated heterocycles. The number of hydrogen-bond donors (Lipinski definition) is 1. The van der Waals surface area contributed by atoms with Gasteiger partial charge in [0, 0.05) is 26.7 Å². The number of carbonyl (C=O) groups is 1. The van der Waals surface area contributed by atoms with Crippen molar-refractivity contribution in [2.75, 3.05) is 17.3 Å². The van der Waals surface area contributed by atoms with Crippen LogP contribution in [-0.4, -0.2) is 25.3 Å². The molecule has 6 heteroatoms. The Kier molecular flexibility index (Phi) is 7.80. The van der Waals surface area contributed by atoms with Crippen molar-refractivity contribution >= 4 is 49.3 Å². The summed E-state index contributed by atoms with van der Waals surface area (Å²) < 4.78 is 6.93. The van der Waals surface area contributed by atoms with Crippen LogP contribution in [0.15, 0.2) is 57.5 Å². The van der Waals surface area contributed by atoms with E-state index in [2.05, 4.69) is 55.4 Å². The first-order valence-corrected chi connectivity index (χ1v) is 11.3. The smallest absolute Gasteiger partial charge is 0.414 e. The Morgan fingerprint density at radius 2 is 1.57 bits per heavy atom. The van der Waals surface area contributed by atoms with E-state index in [-0.39, 0.29) is 12.1 Å². The molecule has 2 saturated carbocycles. The van der Waals surface area contributed by atoms with Crippen LogP contribution in [0, 0.1) is 0 Å². The van der Waals surface area contributed by atoms with Gasteiger partial charge in [-0.15, -0.1) is 0 Å². The molecule has 2 aromatic rings. The quantitative estimate of drug-likeness (QED) is 0.482. The van der Waals surface area contributed by atoms with Crippen molar-refractivity contribution in [2.24, 2.45) is 0 Å². The van der Waals surface area contributed by atoms with Crippen LogP contribution in [-0.2, 0) is 4.74 Å². The van der Waals surface area contributed by atoms with Gasteiger partial charge in [0.15, 0.2) is 0 Å². The summed E-state index contributed by atoms with van der Waals surface area (Å²) in [6, 6.07) is 17.0. The van der Waals surface area contributed by atoms with Crippen LogP contribution in [0.2, 0.25) is 0 Å². The number of halogens is 2. The minimum absolute atomic E-state index is 0.281. The summed E-state index contributed by atoms with van der Waals surface area (Å²) >= 11 is 6.98. The van der Waals surface area contributed by atoms with E-state index in [9.17, 15) is 4.79 Å². The number of amides is 1. The second-order valence-corrected chi connectivity index (χ2v) is 8.84. The lowest BCUT2D eigenvalue weighted by molar-refractivity contribution is 0.171. The molecule has 150 valence electrons. The van der Waals surface area contributed by atoms with Crippen molar-refractivity contribution in [3.05, 3.63) is 57.5 Å². The van der Waals surface area contributed by atoms with Gasteiger partial charge in [0.1, 0.15) is 0 Å². The minimum atomic E-state index is -0.281. The molecule has 0 heterocycles. The normalized spacial score (nSPS) is 16.1. The fourth-order valence-electron chi connectivity index (χ4n) is 3.19. The van der Waals surface area contributed by atoms with Gasteiger partial charge in [-0.2, -0.15) is 0 Å². The molecule has 0 spiro atoms. The number of ether oxygens (including phenoxy) is 1. The lowest BCUT2D eigenvalue weighted by Gasteiger charge is -2.36. The predicted octanol–water partition coefficient (Wildman–Crippen LogP) is 6.99. The lowest BCUT2D eigenvalue weighted by atomic mass is 9.91. The number of methoxy groups -OCH3 is 1. The number of benzene rings is 2. The number of carbonyl (C=O) groups excluding carboxylic acids is 1. The highest BCUT2D eigenvalue weighted by Gasteiger charge is 2.31. The van der Waals surface area contributed by atoms with Crippen molar-refractivity contribution in [1.29, 1.82) is 0 Å². The van der Waals surface area contributed by atoms with Gasteiger partial charge in [-0.3, -0.25) is 4.90 Å². The first kappa shape index (κ1) is 21.2. The third kappa shape index (κ3) is 5.29. The van der Waals surface area contributed by atoms with E-state index in [4.69, 9.17) is 4.74 Å². The van der Waals surface area contributed by atoms with Gasteiger partial charge in [0.25, 0.3) is 0 Å². The van der Waals surface area contributed by atoms with Gasteiger partial charge in [0.2, 0.25) is 0 Å². The number of nitrogens with zero attached hydrogens (tertiary/aromatic N) is 1. The van der Waals surface area contributed by atoms with E-state index in [0.29, 0.717) is 6.04 Å². The maximum atomic E-state index is 11.8. The zero-order valence-corrected chi connectivity index (χ0v) is 19.2. The number of nitrogens with one attached hydrogen (secondary N) is 1. The van der Waals surface area contributed by atoms with E-state index >= 15 is 0 Å². The van der Waals surface area contributed by atoms with Gasteiger partial charge < -0.3 is 10.1 Å². The van der Waals surface area contributed by atoms with Crippen molar-refractivity contribution in [1.82, 2.24) is 0 Å². The Labute approximate surface area is 183 Å². The third-order valence-corrected chi connectivity index (χ3v) is 6.62. The molecule has 1 amide bonds. The Morgan fingerprint density at radius 1 is 0.964 bits per heavy atom. The molecule has 1 N–H and O–H groups in total. The van der Waals surface area contributed by atoms with Gasteiger partial charge >= 0.3 is 6.09 Å². The Bertz CT molecular complexity index is 792. The molecule has 0 aliphatic heterocycles. The average Bonchev–Trinajstić information content (AvgIpc) is 2.63. The molecular weight excluding hydrogens is 484 g/mol. The zero-order valence-electron chi connectivity index (χ0n) is 16.0. The van der Waals surface area contributed by atoms with Gasteiger partial charge in [0.05, 0.1) is 12.8 Å². The highest BCUT2D eigenvalue weighted by atomic mass is 79.9. The van der Waals surface area contributed by atoms with Crippen LogP contribution in [0.25, 0.3) is 0 Å². The number of para-hydroxylation sites is 2. The molecule has 0 bridgehead atoms. The second kappa shape index (κ2) is 10.3. The Morgan fingerprint density at radius 3 is 2.07 bits per heavy atom. The first-order valence-electron chi connectivity index (χ1n) is 9.73. The first-order chi connectivity index (χ1) is 13.6. The van der Waals surface area contributed by atoms with Crippen LogP contribution in [0.1, 0.15) is 38.5 Å². The summed E-state index contributed by atoms with van der Waals surface area (Å²) in [5.74, 6) is 0. The largest absolute Gasteiger partial charge is 0.452 e. The third-order valence-electron chi connectivity index (χ3n) is 5.26. The summed E-state index contributed by atoms with van der Waals surface area (Å²) in [6.45, 7) is 0. The topological polar surface area (TPSA) is 41.6 Å². The van der Waals surface area contributed by atoms with Crippen molar-refractivity contribution < 1.29 is 9.53 Å². The second-order valence-electron chi connectivity index (χ2n) is 7.13. The van der Waals surface area contributed by atoms with E-state index in [1.165, 1.54) is 38.5 Å². The van der Waals surface area contributed by atoms with Gasteiger partial charge in [-0.25, -0.2) is 4.79 Å². The average molecular weight is 510 g/mol. The number of hydrogen-bond acceptors (Lipinski definition) is 3. The molecule has 0 unspecified atom stereocenters. The molecular formula is C22H26Br2N2O2. The van der Waals surface area contributed by atoms with Crippen molar-refractivity contribution in [3.8, 4) is 0 Å². The van der Waals surface area contributed by atoms with Crippen LogP contribution in [0.4, 0.5) is 16.2 Å². The summed E-state index contributed by atoms with van der Waals surface area (Å²) in [4.78, 5) is 13.5. The highest BCUT2D eigenvalue weighted by Crippen LogP contribution is 2.34. The summed E-state index contributed by atoms with van der Waals surface area (Å²) in [5, 5.41) is 3.50. The van der Waals surface area contributed by atoms with Crippen LogP contribution in [0.3, 0.4) is 0 Å². The standard InChI is InChI=1S/C12H14BrNO2.C10H12BrN/c1-16-12(15)14(9-5-4-6-9)11-8-3-2-7-10(11)13;11-9-6-1-2-7-10(9)12-8-4-3-5-8/h2-3,7-9H,4-6H2,1H3;1-2,6-8,12H,3-5H2. The van der Waals surface area contributed by atoms with Crippen molar-refractivity contribution in [2.45, 2.75) is 50.6 Å². The van der Waals surface area contributed by atoms with E-state index in [1.807, 2.05) is 30.3 Å². The fourth-order valence-corrected chi connectivity index (χ4v) is 4.06. The molecule has 2 fully saturated rings. The molecule has 4 rings (SSSR count). The maximum Gasteiger partial charge on any atom is 0.414 e. The Balaban J connectivity index is 0.000000167. The van der Waals surface area contributed by atoms with Crippen molar-refractivity contribution in [3.63, 3.8) is 0 Å². The Hall–Kier alpha value is -1.53.